The van der Waals surface area contributed by atoms with Crippen LogP contribution in [-0.2, 0) is 18.9 Å². The Morgan fingerprint density at radius 1 is 1.11 bits per heavy atom. The first kappa shape index (κ1) is 12.0. The maximum absolute atomic E-state index is 11.7. The van der Waals surface area contributed by atoms with Crippen LogP contribution in [0.4, 0.5) is 0 Å². The summed E-state index contributed by atoms with van der Waals surface area (Å²) in [5.74, 6) is 0.209. The molecule has 1 saturated carbocycles. The Labute approximate surface area is 107 Å². The van der Waals surface area contributed by atoms with Crippen molar-refractivity contribution < 1.29 is 23.3 Å². The molecule has 0 aromatic heterocycles. The van der Waals surface area contributed by atoms with Crippen LogP contribution in [0.2, 0.25) is 5.82 Å². The molecule has 0 radical (unpaired) electrons. The van der Waals surface area contributed by atoms with Crippen molar-refractivity contribution in [2.24, 2.45) is 5.92 Å². The van der Waals surface area contributed by atoms with Crippen LogP contribution in [0.1, 0.15) is 32.6 Å². The molecular formula is C12H20BNO4. The number of fused-ring (bicyclic) bond motifs is 1. The van der Waals surface area contributed by atoms with Gasteiger partial charge < -0.3 is 13.7 Å². The minimum Gasteiger partial charge on any atom is -0.600 e. The molecule has 1 aliphatic carbocycles. The third kappa shape index (κ3) is 1.44. The zero-order valence-corrected chi connectivity index (χ0v) is 11.1. The van der Waals surface area contributed by atoms with Crippen LogP contribution < -0.4 is 0 Å². The Kier molecular flexibility index (Phi) is 2.49. The van der Waals surface area contributed by atoms with Crippen LogP contribution >= 0.6 is 0 Å². The van der Waals surface area contributed by atoms with Crippen molar-refractivity contribution in [1.29, 1.82) is 0 Å². The van der Waals surface area contributed by atoms with Gasteiger partial charge in [-0.15, -0.1) is 0 Å². The van der Waals surface area contributed by atoms with Crippen molar-refractivity contribution in [1.82, 2.24) is 0 Å². The molecule has 3 fully saturated rings. The number of likely N-dealkylation sites (N-methyl/N-ethyl adjacent to an activating group) is 1. The molecule has 0 aromatic carbocycles. The molecule has 6 heteroatoms. The number of hydrogen-bond acceptors (Lipinski definition) is 4. The quantitative estimate of drug-likeness (QED) is 0.656. The van der Waals surface area contributed by atoms with Gasteiger partial charge in [0.05, 0.1) is 0 Å². The second-order valence-corrected chi connectivity index (χ2v) is 6.43. The molecule has 0 spiro atoms. The van der Waals surface area contributed by atoms with Crippen LogP contribution in [0.25, 0.3) is 0 Å². The fourth-order valence-corrected chi connectivity index (χ4v) is 4.24. The summed E-state index contributed by atoms with van der Waals surface area (Å²) < 4.78 is 11.6. The Balaban J connectivity index is 1.99. The predicted molar refractivity (Wildman–Crippen MR) is 65.2 cm³/mol. The summed E-state index contributed by atoms with van der Waals surface area (Å²) in [5, 5.41) is 0. The van der Waals surface area contributed by atoms with Gasteiger partial charge >= 0.3 is 18.6 Å². The molecule has 1 unspecified atom stereocenters. The van der Waals surface area contributed by atoms with Gasteiger partial charge in [0.25, 0.3) is 0 Å². The second kappa shape index (κ2) is 3.73. The molecule has 3 aliphatic rings. The molecule has 18 heavy (non-hydrogen) atoms. The lowest BCUT2D eigenvalue weighted by molar-refractivity contribution is -0.794. The molecule has 2 saturated heterocycles. The van der Waals surface area contributed by atoms with Gasteiger partial charge in [-0.2, -0.15) is 0 Å². The van der Waals surface area contributed by atoms with Gasteiger partial charge in [0, 0.05) is 7.05 Å². The molecule has 2 heterocycles. The topological polar surface area (TPSA) is 52.6 Å². The largest absolute Gasteiger partial charge is 0.600 e. The van der Waals surface area contributed by atoms with E-state index in [4.69, 9.17) is 9.31 Å². The highest BCUT2D eigenvalue weighted by Crippen LogP contribution is 2.50. The summed E-state index contributed by atoms with van der Waals surface area (Å²) in [6, 6.07) is 0. The van der Waals surface area contributed by atoms with Crippen LogP contribution in [0.3, 0.4) is 0 Å². The lowest BCUT2D eigenvalue weighted by Crippen LogP contribution is -2.64. The minimum atomic E-state index is -1.82. The Morgan fingerprint density at radius 3 is 2.22 bits per heavy atom. The SMILES string of the molecule is C[C@@H]1CCCCC1[B-]12OC(=O)C[N+]1(C)CC(=O)O2. The fraction of sp³-hybridized carbons (Fsp3) is 0.833. The lowest BCUT2D eigenvalue weighted by Gasteiger charge is -2.47. The third-order valence-electron chi connectivity index (χ3n) is 5.17. The number of nitrogens with zero attached hydrogens (tertiary/aromatic N) is 1. The first-order valence-corrected chi connectivity index (χ1v) is 6.89. The molecule has 100 valence electrons. The Bertz CT molecular complexity index is 391. The van der Waals surface area contributed by atoms with Crippen LogP contribution in [0.5, 0.6) is 0 Å². The van der Waals surface area contributed by atoms with Crippen LogP contribution in [-0.4, -0.2) is 43.2 Å². The van der Waals surface area contributed by atoms with Gasteiger partial charge in [-0.25, -0.2) is 0 Å². The number of carbonyl (C=O) groups is 2. The number of rotatable bonds is 1. The molecule has 3 rings (SSSR count). The first-order chi connectivity index (χ1) is 8.47. The summed E-state index contributed by atoms with van der Waals surface area (Å²) in [7, 11) is 1.93. The summed E-state index contributed by atoms with van der Waals surface area (Å²) in [6.07, 6.45) is 4.47. The van der Waals surface area contributed by atoms with Gasteiger partial charge in [0.15, 0.2) is 0 Å². The molecule has 0 amide bonds. The standard InChI is InChI=1S/C12H20BNO4/c1-9-5-3-4-6-10(9)13-14(2,7-11(15)17-13)8-12(16)18-13/h9-10H,3-8H2,1-2H3/t9-,10?,13?,14?/m1/s1. The molecule has 0 bridgehead atoms. The van der Waals surface area contributed by atoms with E-state index in [1.165, 1.54) is 6.42 Å². The molecule has 2 atom stereocenters. The second-order valence-electron chi connectivity index (χ2n) is 6.43. The summed E-state index contributed by atoms with van der Waals surface area (Å²) in [6.45, 7) is 0.913. The third-order valence-corrected chi connectivity index (χ3v) is 5.17. The van der Waals surface area contributed by atoms with Gasteiger partial charge in [-0.3, -0.25) is 9.59 Å². The lowest BCUT2D eigenvalue weighted by atomic mass is 9.48. The predicted octanol–water partition coefficient (Wildman–Crippen LogP) is 1.07. The normalized spacial score (nSPS) is 47.7. The van der Waals surface area contributed by atoms with E-state index in [2.05, 4.69) is 6.92 Å². The summed E-state index contributed by atoms with van der Waals surface area (Å²) in [4.78, 5) is 23.4. The Hall–Kier alpha value is -1.04. The first-order valence-electron chi connectivity index (χ1n) is 6.89. The summed E-state index contributed by atoms with van der Waals surface area (Å²) in [5.41, 5.74) is 0. The van der Waals surface area contributed by atoms with Gasteiger partial charge in [-0.05, 0) is 5.82 Å². The zero-order chi connectivity index (χ0) is 13.0. The average Bonchev–Trinajstić information content (AvgIpc) is 2.63. The molecule has 0 N–H and O–H groups in total. The Morgan fingerprint density at radius 2 is 1.67 bits per heavy atom. The van der Waals surface area contributed by atoms with E-state index < -0.39 is 6.69 Å². The van der Waals surface area contributed by atoms with Crippen molar-refractivity contribution in [2.75, 3.05) is 20.1 Å². The monoisotopic (exact) mass is 253 g/mol. The number of carbonyl (C=O) groups excluding carboxylic acids is 2. The van der Waals surface area contributed by atoms with Crippen molar-refractivity contribution in [3.8, 4) is 0 Å². The van der Waals surface area contributed by atoms with E-state index in [-0.39, 0.29) is 30.8 Å². The van der Waals surface area contributed by atoms with Crippen molar-refractivity contribution in [3.63, 3.8) is 0 Å². The molecular weight excluding hydrogens is 233 g/mol. The highest BCUT2D eigenvalue weighted by molar-refractivity contribution is 6.67. The van der Waals surface area contributed by atoms with Crippen molar-refractivity contribution >= 4 is 18.6 Å². The van der Waals surface area contributed by atoms with E-state index in [0.717, 1.165) is 19.3 Å². The highest BCUT2D eigenvalue weighted by atomic mass is 16.7. The highest BCUT2D eigenvalue weighted by Gasteiger charge is 2.69. The average molecular weight is 253 g/mol. The smallest absolute Gasteiger partial charge is 0.587 e. The van der Waals surface area contributed by atoms with E-state index in [9.17, 15) is 9.59 Å². The van der Waals surface area contributed by atoms with E-state index in [1.807, 2.05) is 7.05 Å². The number of quaternary nitrogens is 1. The van der Waals surface area contributed by atoms with Crippen LogP contribution in [0, 0.1) is 5.92 Å². The summed E-state index contributed by atoms with van der Waals surface area (Å²) >= 11 is 0. The maximum atomic E-state index is 11.7. The zero-order valence-electron chi connectivity index (χ0n) is 11.1. The fourth-order valence-electron chi connectivity index (χ4n) is 4.24. The molecule has 2 aliphatic heterocycles. The van der Waals surface area contributed by atoms with Crippen molar-refractivity contribution in [3.05, 3.63) is 0 Å². The van der Waals surface area contributed by atoms with Gasteiger partial charge in [-0.1, -0.05) is 38.5 Å². The van der Waals surface area contributed by atoms with Gasteiger partial charge in [0.1, 0.15) is 13.1 Å². The van der Waals surface area contributed by atoms with E-state index >= 15 is 0 Å². The number of hydrogen-bond donors (Lipinski definition) is 0. The molecule has 5 nitrogen and oxygen atoms in total. The maximum Gasteiger partial charge on any atom is 0.587 e. The van der Waals surface area contributed by atoms with E-state index in [1.54, 1.807) is 0 Å². The van der Waals surface area contributed by atoms with Gasteiger partial charge in [0.2, 0.25) is 0 Å². The minimum absolute atomic E-state index is 0.196. The molecule has 0 aromatic rings. The van der Waals surface area contributed by atoms with Crippen molar-refractivity contribution in [2.45, 2.75) is 38.4 Å². The van der Waals surface area contributed by atoms with Crippen LogP contribution in [0.15, 0.2) is 0 Å². The van der Waals surface area contributed by atoms with E-state index in [0.29, 0.717) is 10.3 Å².